The molecule has 7 heteroatoms. The summed E-state index contributed by atoms with van der Waals surface area (Å²) >= 11 is 6.20. The molecule has 1 saturated heterocycles. The first-order valence-electron chi connectivity index (χ1n) is 12.0. The molecule has 0 radical (unpaired) electrons. The first-order chi connectivity index (χ1) is 17.5. The maximum Gasteiger partial charge on any atom is 0.410 e. The summed E-state index contributed by atoms with van der Waals surface area (Å²) in [6.45, 7) is 1.07. The smallest absolute Gasteiger partial charge is 0.410 e. The van der Waals surface area contributed by atoms with E-state index in [1.54, 1.807) is 17.0 Å². The standard InChI is InChI=1S/C29H24ClNO5/c30-27-13-17(9-10-25(27)28(32)33)18-11-19-14-35-15-20(12-18)31(19)29(34)36-16-26-23-7-3-1-5-21(23)22-6-2-4-8-24(22)26/h1-11,13,19-20,26H,12,14-16H2,(H,32,33). The average molecular weight is 502 g/mol. The van der Waals surface area contributed by atoms with Gasteiger partial charge in [-0.3, -0.25) is 4.90 Å². The Morgan fingerprint density at radius 2 is 1.69 bits per heavy atom. The number of ether oxygens (including phenoxy) is 2. The molecule has 0 saturated carbocycles. The Balaban J connectivity index is 1.21. The van der Waals surface area contributed by atoms with Crippen LogP contribution in [0.2, 0.25) is 5.02 Å². The molecule has 0 spiro atoms. The highest BCUT2D eigenvalue weighted by Gasteiger charge is 2.40. The number of carboxylic acid groups (broad SMARTS) is 1. The third kappa shape index (κ3) is 3.87. The Morgan fingerprint density at radius 3 is 2.33 bits per heavy atom. The number of carboxylic acids is 1. The van der Waals surface area contributed by atoms with Gasteiger partial charge in [0.05, 0.1) is 35.9 Å². The predicted octanol–water partition coefficient (Wildman–Crippen LogP) is 5.84. The fraction of sp³-hybridized carbons (Fsp3) is 0.241. The summed E-state index contributed by atoms with van der Waals surface area (Å²) in [4.78, 5) is 26.4. The number of hydrogen-bond acceptors (Lipinski definition) is 4. The van der Waals surface area contributed by atoms with Gasteiger partial charge in [0.1, 0.15) is 6.61 Å². The lowest BCUT2D eigenvalue weighted by Gasteiger charge is -2.44. The molecule has 36 heavy (non-hydrogen) atoms. The number of carbonyl (C=O) groups is 2. The van der Waals surface area contributed by atoms with Gasteiger partial charge in [0.15, 0.2) is 0 Å². The first kappa shape index (κ1) is 22.8. The van der Waals surface area contributed by atoms with Crippen LogP contribution in [0, 0.1) is 0 Å². The summed E-state index contributed by atoms with van der Waals surface area (Å²) in [6, 6.07) is 21.1. The van der Waals surface area contributed by atoms with Crippen LogP contribution < -0.4 is 0 Å². The van der Waals surface area contributed by atoms with E-state index in [1.807, 2.05) is 30.3 Å². The van der Waals surface area contributed by atoms with Gasteiger partial charge in [0.25, 0.3) is 0 Å². The van der Waals surface area contributed by atoms with Gasteiger partial charge in [0.2, 0.25) is 0 Å². The van der Waals surface area contributed by atoms with Crippen LogP contribution in [-0.4, -0.2) is 54.0 Å². The number of nitrogens with zero attached hydrogens (tertiary/aromatic N) is 1. The number of rotatable bonds is 4. The monoisotopic (exact) mass is 501 g/mol. The highest BCUT2D eigenvalue weighted by atomic mass is 35.5. The van der Waals surface area contributed by atoms with Gasteiger partial charge in [-0.15, -0.1) is 0 Å². The number of fused-ring (bicyclic) bond motifs is 5. The summed E-state index contributed by atoms with van der Waals surface area (Å²) in [5.74, 6) is -1.06. The van der Waals surface area contributed by atoms with Crippen LogP contribution in [0.15, 0.2) is 72.8 Å². The molecular formula is C29H24ClNO5. The van der Waals surface area contributed by atoms with Gasteiger partial charge in [0, 0.05) is 5.92 Å². The fourth-order valence-electron chi connectivity index (χ4n) is 5.65. The van der Waals surface area contributed by atoms with E-state index in [-0.39, 0.29) is 41.3 Å². The maximum absolute atomic E-state index is 13.3. The molecule has 2 bridgehead atoms. The molecular weight excluding hydrogens is 478 g/mol. The molecule has 3 aromatic rings. The lowest BCUT2D eigenvalue weighted by Crippen LogP contribution is -2.56. The van der Waals surface area contributed by atoms with Crippen molar-refractivity contribution in [2.24, 2.45) is 0 Å². The number of aromatic carboxylic acids is 1. The van der Waals surface area contributed by atoms with Gasteiger partial charge >= 0.3 is 12.1 Å². The molecule has 2 atom stereocenters. The molecule has 2 heterocycles. The van der Waals surface area contributed by atoms with Crippen molar-refractivity contribution in [3.05, 3.63) is 100 Å². The Hall–Kier alpha value is -3.61. The minimum atomic E-state index is -1.06. The zero-order chi connectivity index (χ0) is 24.8. The van der Waals surface area contributed by atoms with E-state index in [2.05, 4.69) is 24.3 Å². The summed E-state index contributed by atoms with van der Waals surface area (Å²) in [5.41, 5.74) is 6.69. The number of carbonyl (C=O) groups excluding carboxylic acids is 1. The second-order valence-corrected chi connectivity index (χ2v) is 9.77. The van der Waals surface area contributed by atoms with Gasteiger partial charge in [-0.25, -0.2) is 9.59 Å². The quantitative estimate of drug-likeness (QED) is 0.485. The van der Waals surface area contributed by atoms with E-state index < -0.39 is 5.97 Å². The van der Waals surface area contributed by atoms with E-state index in [0.717, 1.165) is 11.1 Å². The van der Waals surface area contributed by atoms with Gasteiger partial charge in [-0.1, -0.05) is 72.3 Å². The fourth-order valence-corrected chi connectivity index (χ4v) is 5.91. The molecule has 2 unspecified atom stereocenters. The van der Waals surface area contributed by atoms with Crippen LogP contribution in [-0.2, 0) is 9.47 Å². The Labute approximate surface area is 213 Å². The summed E-state index contributed by atoms with van der Waals surface area (Å²) in [6.07, 6.45) is 2.23. The van der Waals surface area contributed by atoms with Crippen molar-refractivity contribution in [1.29, 1.82) is 0 Å². The minimum Gasteiger partial charge on any atom is -0.478 e. The van der Waals surface area contributed by atoms with Crippen LogP contribution in [0.3, 0.4) is 0 Å². The molecule has 6 rings (SSSR count). The second-order valence-electron chi connectivity index (χ2n) is 9.37. The van der Waals surface area contributed by atoms with E-state index in [0.29, 0.717) is 19.6 Å². The predicted molar refractivity (Wildman–Crippen MR) is 136 cm³/mol. The second kappa shape index (κ2) is 9.12. The van der Waals surface area contributed by atoms with Crippen molar-refractivity contribution >= 4 is 29.2 Å². The topological polar surface area (TPSA) is 76.1 Å². The molecule has 182 valence electrons. The summed E-state index contributed by atoms with van der Waals surface area (Å²) in [7, 11) is 0. The van der Waals surface area contributed by atoms with Crippen molar-refractivity contribution < 1.29 is 24.2 Å². The minimum absolute atomic E-state index is 0.00299. The van der Waals surface area contributed by atoms with E-state index >= 15 is 0 Å². The molecule has 6 nitrogen and oxygen atoms in total. The van der Waals surface area contributed by atoms with Gasteiger partial charge < -0.3 is 14.6 Å². The van der Waals surface area contributed by atoms with E-state index in [4.69, 9.17) is 21.1 Å². The van der Waals surface area contributed by atoms with Gasteiger partial charge in [-0.05, 0) is 51.9 Å². The maximum atomic E-state index is 13.3. The molecule has 3 aliphatic rings. The van der Waals surface area contributed by atoms with Crippen LogP contribution in [0.25, 0.3) is 16.7 Å². The molecule has 3 aromatic carbocycles. The summed E-state index contributed by atoms with van der Waals surface area (Å²) < 4.78 is 11.7. The van der Waals surface area contributed by atoms with Crippen molar-refractivity contribution in [3.63, 3.8) is 0 Å². The molecule has 1 fully saturated rings. The largest absolute Gasteiger partial charge is 0.478 e. The lowest BCUT2D eigenvalue weighted by molar-refractivity contribution is -0.0331. The molecule has 0 aromatic heterocycles. The van der Waals surface area contributed by atoms with Crippen LogP contribution in [0.4, 0.5) is 4.79 Å². The SMILES string of the molecule is O=C(O)c1ccc(C2=CC3COCC(C2)N3C(=O)OCC2c3ccccc3-c3ccccc32)cc1Cl. The number of morpholine rings is 1. The molecule has 1 aliphatic carbocycles. The highest BCUT2D eigenvalue weighted by Crippen LogP contribution is 2.44. The zero-order valence-corrected chi connectivity index (χ0v) is 20.1. The number of hydrogen-bond donors (Lipinski definition) is 1. The highest BCUT2D eigenvalue weighted by molar-refractivity contribution is 6.33. The van der Waals surface area contributed by atoms with E-state index in [1.165, 1.54) is 28.3 Å². The van der Waals surface area contributed by atoms with Crippen molar-refractivity contribution in [3.8, 4) is 11.1 Å². The zero-order valence-electron chi connectivity index (χ0n) is 19.4. The molecule has 1 N–H and O–H groups in total. The van der Waals surface area contributed by atoms with Gasteiger partial charge in [-0.2, -0.15) is 0 Å². The van der Waals surface area contributed by atoms with Crippen LogP contribution in [0.1, 0.15) is 39.4 Å². The third-order valence-electron chi connectivity index (χ3n) is 7.32. The third-order valence-corrected chi connectivity index (χ3v) is 7.63. The Kier molecular flexibility index (Phi) is 5.78. The van der Waals surface area contributed by atoms with E-state index in [9.17, 15) is 14.7 Å². The molecule has 1 amide bonds. The van der Waals surface area contributed by atoms with Crippen LogP contribution in [0.5, 0.6) is 0 Å². The summed E-state index contributed by atoms with van der Waals surface area (Å²) in [5, 5.41) is 9.45. The Bertz CT molecular complexity index is 1350. The average Bonchev–Trinajstić information content (AvgIpc) is 3.20. The number of amides is 1. The normalized spacial score (nSPS) is 20.4. The van der Waals surface area contributed by atoms with Crippen LogP contribution >= 0.6 is 11.6 Å². The lowest BCUT2D eigenvalue weighted by atomic mass is 9.89. The number of halogens is 1. The number of benzene rings is 3. The molecule has 2 aliphatic heterocycles. The van der Waals surface area contributed by atoms with Crippen molar-refractivity contribution in [2.75, 3.05) is 19.8 Å². The first-order valence-corrected chi connectivity index (χ1v) is 12.3. The Morgan fingerprint density at radius 1 is 1.00 bits per heavy atom. The van der Waals surface area contributed by atoms with Crippen molar-refractivity contribution in [1.82, 2.24) is 4.90 Å². The van der Waals surface area contributed by atoms with Crippen molar-refractivity contribution in [2.45, 2.75) is 24.4 Å².